The Balaban J connectivity index is 1.95. The highest BCUT2D eigenvalue weighted by molar-refractivity contribution is 5.83. The Labute approximate surface area is 98.7 Å². The highest BCUT2D eigenvalue weighted by atomic mass is 16.5. The van der Waals surface area contributed by atoms with Crippen LogP contribution in [0.3, 0.4) is 0 Å². The quantitative estimate of drug-likeness (QED) is 0.736. The SMILES string of the molecule is CCC1CCCCC1C(=O)C1CCOCC1. The van der Waals surface area contributed by atoms with E-state index in [1.165, 1.54) is 25.7 Å². The van der Waals surface area contributed by atoms with Gasteiger partial charge in [0.2, 0.25) is 0 Å². The van der Waals surface area contributed by atoms with Crippen molar-refractivity contribution in [2.75, 3.05) is 13.2 Å². The molecular weight excluding hydrogens is 200 g/mol. The molecule has 1 heterocycles. The predicted molar refractivity (Wildman–Crippen MR) is 64.3 cm³/mol. The smallest absolute Gasteiger partial charge is 0.139 e. The number of Topliss-reactive ketones (excluding diaryl/α,β-unsaturated/α-hetero) is 1. The average Bonchev–Trinajstić information content (AvgIpc) is 2.39. The summed E-state index contributed by atoms with van der Waals surface area (Å²) < 4.78 is 5.34. The maximum absolute atomic E-state index is 12.5. The minimum absolute atomic E-state index is 0.311. The summed E-state index contributed by atoms with van der Waals surface area (Å²) in [4.78, 5) is 12.5. The second-order valence-electron chi connectivity index (χ2n) is 5.35. The van der Waals surface area contributed by atoms with Gasteiger partial charge in [-0.05, 0) is 31.6 Å². The Bertz CT molecular complexity index is 231. The minimum Gasteiger partial charge on any atom is -0.381 e. The van der Waals surface area contributed by atoms with E-state index in [0.29, 0.717) is 23.5 Å². The molecule has 2 nitrogen and oxygen atoms in total. The molecule has 92 valence electrons. The molecule has 1 aliphatic carbocycles. The lowest BCUT2D eigenvalue weighted by molar-refractivity contribution is -0.132. The zero-order valence-corrected chi connectivity index (χ0v) is 10.4. The van der Waals surface area contributed by atoms with E-state index < -0.39 is 0 Å². The van der Waals surface area contributed by atoms with E-state index >= 15 is 0 Å². The largest absolute Gasteiger partial charge is 0.381 e. The van der Waals surface area contributed by atoms with E-state index in [-0.39, 0.29) is 0 Å². The maximum atomic E-state index is 12.5. The molecule has 0 aromatic rings. The van der Waals surface area contributed by atoms with E-state index in [1.807, 2.05) is 0 Å². The van der Waals surface area contributed by atoms with Crippen molar-refractivity contribution in [2.45, 2.75) is 51.9 Å². The maximum Gasteiger partial charge on any atom is 0.139 e. The highest BCUT2D eigenvalue weighted by Crippen LogP contribution is 2.35. The van der Waals surface area contributed by atoms with Crippen LogP contribution < -0.4 is 0 Å². The summed E-state index contributed by atoms with van der Waals surface area (Å²) >= 11 is 0. The first-order chi connectivity index (χ1) is 7.83. The third kappa shape index (κ3) is 2.65. The van der Waals surface area contributed by atoms with Gasteiger partial charge >= 0.3 is 0 Å². The zero-order chi connectivity index (χ0) is 11.4. The number of rotatable bonds is 3. The molecule has 1 saturated carbocycles. The normalized spacial score (nSPS) is 32.6. The summed E-state index contributed by atoms with van der Waals surface area (Å²) in [6, 6.07) is 0. The van der Waals surface area contributed by atoms with Gasteiger partial charge in [0.25, 0.3) is 0 Å². The monoisotopic (exact) mass is 224 g/mol. The highest BCUT2D eigenvalue weighted by Gasteiger charge is 2.34. The van der Waals surface area contributed by atoms with Crippen molar-refractivity contribution in [2.24, 2.45) is 17.8 Å². The average molecular weight is 224 g/mol. The van der Waals surface area contributed by atoms with Gasteiger partial charge in [-0.25, -0.2) is 0 Å². The third-order valence-corrected chi connectivity index (χ3v) is 4.42. The van der Waals surface area contributed by atoms with Crippen molar-refractivity contribution in [3.05, 3.63) is 0 Å². The van der Waals surface area contributed by atoms with Crippen molar-refractivity contribution in [3.8, 4) is 0 Å². The standard InChI is InChI=1S/C14H24O2/c1-2-11-5-3-4-6-13(11)14(15)12-7-9-16-10-8-12/h11-13H,2-10H2,1H3. The van der Waals surface area contributed by atoms with Crippen LogP contribution in [0.4, 0.5) is 0 Å². The fraction of sp³-hybridized carbons (Fsp3) is 0.929. The van der Waals surface area contributed by atoms with Crippen LogP contribution in [-0.4, -0.2) is 19.0 Å². The summed E-state index contributed by atoms with van der Waals surface area (Å²) in [6.45, 7) is 3.82. The van der Waals surface area contributed by atoms with Crippen LogP contribution in [0.5, 0.6) is 0 Å². The van der Waals surface area contributed by atoms with Gasteiger partial charge in [0.1, 0.15) is 5.78 Å². The lowest BCUT2D eigenvalue weighted by atomic mass is 9.72. The van der Waals surface area contributed by atoms with Crippen molar-refractivity contribution in [1.29, 1.82) is 0 Å². The van der Waals surface area contributed by atoms with Gasteiger partial charge in [0, 0.05) is 25.0 Å². The summed E-state index contributed by atoms with van der Waals surface area (Å²) in [5.41, 5.74) is 0. The Morgan fingerprint density at radius 1 is 1.12 bits per heavy atom. The molecule has 2 heteroatoms. The second kappa shape index (κ2) is 5.81. The molecule has 0 radical (unpaired) electrons. The molecule has 16 heavy (non-hydrogen) atoms. The van der Waals surface area contributed by atoms with Crippen LogP contribution in [0, 0.1) is 17.8 Å². The van der Waals surface area contributed by atoms with E-state index in [0.717, 1.165) is 32.5 Å². The lowest BCUT2D eigenvalue weighted by Crippen LogP contribution is -2.34. The molecule has 0 aromatic heterocycles. The molecule has 0 N–H and O–H groups in total. The fourth-order valence-electron chi connectivity index (χ4n) is 3.36. The van der Waals surface area contributed by atoms with Gasteiger partial charge in [-0.3, -0.25) is 4.79 Å². The fourth-order valence-corrected chi connectivity index (χ4v) is 3.36. The molecule has 0 spiro atoms. The van der Waals surface area contributed by atoms with Gasteiger partial charge in [0.15, 0.2) is 0 Å². The van der Waals surface area contributed by atoms with Gasteiger partial charge in [0.05, 0.1) is 0 Å². The predicted octanol–water partition coefficient (Wildman–Crippen LogP) is 3.20. The van der Waals surface area contributed by atoms with Crippen LogP contribution in [0.15, 0.2) is 0 Å². The second-order valence-corrected chi connectivity index (χ2v) is 5.35. The topological polar surface area (TPSA) is 26.3 Å². The van der Waals surface area contributed by atoms with Crippen molar-refractivity contribution in [1.82, 2.24) is 0 Å². The van der Waals surface area contributed by atoms with Gasteiger partial charge in [-0.15, -0.1) is 0 Å². The molecule has 2 rings (SSSR count). The molecule has 2 fully saturated rings. The number of ether oxygens (including phenoxy) is 1. The van der Waals surface area contributed by atoms with E-state index in [2.05, 4.69) is 6.92 Å². The Kier molecular flexibility index (Phi) is 4.39. The first kappa shape index (κ1) is 12.1. The van der Waals surface area contributed by atoms with Crippen LogP contribution in [0.25, 0.3) is 0 Å². The Morgan fingerprint density at radius 2 is 1.81 bits per heavy atom. The van der Waals surface area contributed by atoms with Gasteiger partial charge in [-0.1, -0.05) is 26.2 Å². The van der Waals surface area contributed by atoms with Crippen LogP contribution in [0.1, 0.15) is 51.9 Å². The summed E-state index contributed by atoms with van der Waals surface area (Å²) in [7, 11) is 0. The van der Waals surface area contributed by atoms with Crippen molar-refractivity contribution >= 4 is 5.78 Å². The molecular formula is C14H24O2. The molecule has 0 amide bonds. The minimum atomic E-state index is 0.311. The summed E-state index contributed by atoms with van der Waals surface area (Å²) in [5, 5.41) is 0. The lowest BCUT2D eigenvalue weighted by Gasteiger charge is -2.33. The molecule has 0 bridgehead atoms. The Morgan fingerprint density at radius 3 is 2.50 bits per heavy atom. The number of carbonyl (C=O) groups excluding carboxylic acids is 1. The van der Waals surface area contributed by atoms with E-state index in [4.69, 9.17) is 4.74 Å². The summed E-state index contributed by atoms with van der Waals surface area (Å²) in [5.74, 6) is 1.92. The van der Waals surface area contributed by atoms with Crippen LogP contribution >= 0.6 is 0 Å². The molecule has 2 aliphatic rings. The number of hydrogen-bond acceptors (Lipinski definition) is 2. The first-order valence-corrected chi connectivity index (χ1v) is 6.94. The zero-order valence-electron chi connectivity index (χ0n) is 10.4. The van der Waals surface area contributed by atoms with E-state index in [1.54, 1.807) is 0 Å². The molecule has 1 aliphatic heterocycles. The molecule has 1 saturated heterocycles. The molecule has 0 aromatic carbocycles. The van der Waals surface area contributed by atoms with Crippen molar-refractivity contribution in [3.63, 3.8) is 0 Å². The van der Waals surface area contributed by atoms with E-state index in [9.17, 15) is 4.79 Å². The van der Waals surface area contributed by atoms with Crippen LogP contribution in [0.2, 0.25) is 0 Å². The molecule has 2 unspecified atom stereocenters. The van der Waals surface area contributed by atoms with Crippen molar-refractivity contribution < 1.29 is 9.53 Å². The van der Waals surface area contributed by atoms with Crippen LogP contribution in [-0.2, 0) is 9.53 Å². The van der Waals surface area contributed by atoms with Gasteiger partial charge < -0.3 is 4.74 Å². The molecule has 2 atom stereocenters. The number of hydrogen-bond donors (Lipinski definition) is 0. The van der Waals surface area contributed by atoms with Gasteiger partial charge in [-0.2, -0.15) is 0 Å². The Hall–Kier alpha value is -0.370. The summed E-state index contributed by atoms with van der Waals surface area (Å²) in [6.07, 6.45) is 8.12. The number of ketones is 1. The number of carbonyl (C=O) groups is 1. The third-order valence-electron chi connectivity index (χ3n) is 4.42. The first-order valence-electron chi connectivity index (χ1n) is 6.94.